The second-order valence-corrected chi connectivity index (χ2v) is 6.05. The number of rotatable bonds is 1. The van der Waals surface area contributed by atoms with E-state index in [1.54, 1.807) is 6.07 Å². The summed E-state index contributed by atoms with van der Waals surface area (Å²) in [7, 11) is 0. The number of benzene rings is 1. The lowest BCUT2D eigenvalue weighted by atomic mass is 9.95. The van der Waals surface area contributed by atoms with Gasteiger partial charge in [0.05, 0.1) is 34.3 Å². The molecule has 0 amide bonds. The normalized spacial score (nSPS) is 29.5. The Balaban J connectivity index is 1.92. The van der Waals surface area contributed by atoms with Gasteiger partial charge in [-0.25, -0.2) is 4.39 Å². The van der Waals surface area contributed by atoms with Crippen molar-refractivity contribution in [1.29, 1.82) is 0 Å². The van der Waals surface area contributed by atoms with Crippen molar-refractivity contribution in [2.75, 3.05) is 0 Å². The van der Waals surface area contributed by atoms with Crippen molar-refractivity contribution in [2.24, 2.45) is 0 Å². The van der Waals surface area contributed by atoms with Gasteiger partial charge in [0.2, 0.25) is 0 Å². The fourth-order valence-electron chi connectivity index (χ4n) is 3.33. The van der Waals surface area contributed by atoms with Gasteiger partial charge in [-0.1, -0.05) is 11.6 Å². The van der Waals surface area contributed by atoms with E-state index in [1.807, 2.05) is 4.57 Å². The first kappa shape index (κ1) is 11.9. The molecule has 4 rings (SSSR count). The highest BCUT2D eigenvalue weighted by Gasteiger charge is 2.42. The van der Waals surface area contributed by atoms with E-state index < -0.39 is 5.82 Å². The Kier molecular flexibility index (Phi) is 2.53. The molecule has 1 aromatic carbocycles. The van der Waals surface area contributed by atoms with E-state index in [0.29, 0.717) is 16.4 Å². The van der Waals surface area contributed by atoms with E-state index >= 15 is 0 Å². The van der Waals surface area contributed by atoms with Crippen LogP contribution in [0.2, 0.25) is 5.02 Å². The molecule has 3 heterocycles. The van der Waals surface area contributed by atoms with Gasteiger partial charge < -0.3 is 14.3 Å². The number of halogens is 2. The smallest absolute Gasteiger partial charge is 0.178 e. The molecule has 1 aromatic heterocycles. The lowest BCUT2D eigenvalue weighted by Gasteiger charge is -2.21. The Morgan fingerprint density at radius 2 is 2.26 bits per heavy atom. The molecule has 2 aromatic rings. The maximum atomic E-state index is 13.5. The number of imidazole rings is 1. The van der Waals surface area contributed by atoms with Gasteiger partial charge >= 0.3 is 0 Å². The van der Waals surface area contributed by atoms with Crippen molar-refractivity contribution in [2.45, 2.75) is 37.5 Å². The number of ether oxygens (including phenoxy) is 1. The molecular formula is C13H12ClFN2OS. The summed E-state index contributed by atoms with van der Waals surface area (Å²) < 4.78 is 22.0. The highest BCUT2D eigenvalue weighted by molar-refractivity contribution is 7.71. The average molecular weight is 299 g/mol. The van der Waals surface area contributed by atoms with Crippen LogP contribution in [0.25, 0.3) is 11.0 Å². The van der Waals surface area contributed by atoms with Crippen molar-refractivity contribution in [3.05, 3.63) is 27.7 Å². The molecule has 100 valence electrons. The Labute approximate surface area is 119 Å². The third-order valence-electron chi connectivity index (χ3n) is 4.16. The number of nitrogens with one attached hydrogen (secondary N) is 1. The predicted octanol–water partition coefficient (Wildman–Crippen LogP) is 3.98. The minimum atomic E-state index is -0.429. The van der Waals surface area contributed by atoms with E-state index in [9.17, 15) is 4.39 Å². The summed E-state index contributed by atoms with van der Waals surface area (Å²) in [5.74, 6) is -0.429. The molecule has 2 bridgehead atoms. The van der Waals surface area contributed by atoms with E-state index in [4.69, 9.17) is 28.6 Å². The molecule has 2 fully saturated rings. The van der Waals surface area contributed by atoms with Crippen LogP contribution in [0.5, 0.6) is 0 Å². The van der Waals surface area contributed by atoms with Crippen LogP contribution in [-0.4, -0.2) is 21.8 Å². The maximum absolute atomic E-state index is 13.5. The van der Waals surface area contributed by atoms with Crippen LogP contribution in [0, 0.1) is 10.6 Å². The molecule has 6 heteroatoms. The Bertz CT molecular complexity index is 725. The molecule has 2 saturated heterocycles. The van der Waals surface area contributed by atoms with Crippen molar-refractivity contribution in [3.63, 3.8) is 0 Å². The lowest BCUT2D eigenvalue weighted by Crippen LogP contribution is -2.20. The van der Waals surface area contributed by atoms with Crippen LogP contribution >= 0.6 is 23.8 Å². The van der Waals surface area contributed by atoms with Crippen molar-refractivity contribution in [1.82, 2.24) is 9.55 Å². The molecule has 2 aliphatic rings. The highest BCUT2D eigenvalue weighted by atomic mass is 35.5. The van der Waals surface area contributed by atoms with E-state index in [-0.39, 0.29) is 17.2 Å². The third-order valence-corrected chi connectivity index (χ3v) is 4.75. The Morgan fingerprint density at radius 1 is 1.42 bits per heavy atom. The van der Waals surface area contributed by atoms with E-state index in [1.165, 1.54) is 6.07 Å². The van der Waals surface area contributed by atoms with Crippen molar-refractivity contribution >= 4 is 34.9 Å². The van der Waals surface area contributed by atoms with Crippen LogP contribution in [0.1, 0.15) is 25.3 Å². The van der Waals surface area contributed by atoms with E-state index in [2.05, 4.69) is 4.98 Å². The molecule has 3 atom stereocenters. The fourth-order valence-corrected chi connectivity index (χ4v) is 3.83. The Morgan fingerprint density at radius 3 is 2.95 bits per heavy atom. The van der Waals surface area contributed by atoms with Crippen LogP contribution in [0.15, 0.2) is 12.1 Å². The number of hydrogen-bond acceptors (Lipinski definition) is 2. The second kappa shape index (κ2) is 4.04. The zero-order valence-electron chi connectivity index (χ0n) is 10.0. The summed E-state index contributed by atoms with van der Waals surface area (Å²) in [6.07, 6.45) is 3.74. The molecular weight excluding hydrogens is 287 g/mol. The van der Waals surface area contributed by atoms with Gasteiger partial charge in [-0.3, -0.25) is 0 Å². The van der Waals surface area contributed by atoms with Gasteiger partial charge in [-0.05, 0) is 37.5 Å². The summed E-state index contributed by atoms with van der Waals surface area (Å²) in [5, 5.41) is 0.124. The standard InChI is InChI=1S/C13H12ClFN2OS/c14-7-4-10-9(5-8(7)15)16-13(19)17(10)11-3-6-1-2-12(11)18-6/h4-6,11-12H,1-3H2,(H,16,19). The number of nitrogens with zero attached hydrogens (tertiary/aromatic N) is 1. The minimum Gasteiger partial charge on any atom is -0.373 e. The third kappa shape index (κ3) is 1.68. The molecule has 0 radical (unpaired) electrons. The van der Waals surface area contributed by atoms with Gasteiger partial charge in [0.1, 0.15) is 5.82 Å². The topological polar surface area (TPSA) is 29.9 Å². The number of H-pyrrole nitrogens is 1. The molecule has 0 saturated carbocycles. The summed E-state index contributed by atoms with van der Waals surface area (Å²) in [6, 6.07) is 3.28. The summed E-state index contributed by atoms with van der Waals surface area (Å²) in [5.41, 5.74) is 1.55. The van der Waals surface area contributed by atoms with Gasteiger partial charge in [-0.15, -0.1) is 0 Å². The van der Waals surface area contributed by atoms with Crippen LogP contribution in [0.4, 0.5) is 4.39 Å². The van der Waals surface area contributed by atoms with Crippen LogP contribution in [0.3, 0.4) is 0 Å². The highest BCUT2D eigenvalue weighted by Crippen LogP contribution is 2.43. The van der Waals surface area contributed by atoms with Crippen molar-refractivity contribution in [3.8, 4) is 0 Å². The molecule has 0 spiro atoms. The summed E-state index contributed by atoms with van der Waals surface area (Å²) >= 11 is 11.3. The molecule has 19 heavy (non-hydrogen) atoms. The van der Waals surface area contributed by atoms with Crippen LogP contribution < -0.4 is 0 Å². The fraction of sp³-hybridized carbons (Fsp3) is 0.462. The minimum absolute atomic E-state index is 0.124. The lowest BCUT2D eigenvalue weighted by molar-refractivity contribution is 0.0941. The molecule has 3 unspecified atom stereocenters. The SMILES string of the molecule is Fc1cc2[nH]c(=S)n(C3CC4CCC3O4)c2cc1Cl. The molecule has 3 nitrogen and oxygen atoms in total. The van der Waals surface area contributed by atoms with E-state index in [0.717, 1.165) is 24.8 Å². The molecule has 1 N–H and O–H groups in total. The summed E-state index contributed by atoms with van der Waals surface area (Å²) in [6.45, 7) is 0. The monoisotopic (exact) mass is 298 g/mol. The maximum Gasteiger partial charge on any atom is 0.178 e. The first-order chi connectivity index (χ1) is 9.13. The molecule has 2 aliphatic heterocycles. The van der Waals surface area contributed by atoms with Gasteiger partial charge in [0.25, 0.3) is 0 Å². The van der Waals surface area contributed by atoms with Crippen LogP contribution in [-0.2, 0) is 4.74 Å². The summed E-state index contributed by atoms with van der Waals surface area (Å²) in [4.78, 5) is 3.06. The first-order valence-corrected chi connectivity index (χ1v) is 7.17. The van der Waals surface area contributed by atoms with Gasteiger partial charge in [0.15, 0.2) is 4.77 Å². The Hall–Kier alpha value is -0.910. The van der Waals surface area contributed by atoms with Gasteiger partial charge in [0, 0.05) is 6.07 Å². The number of aromatic amines is 1. The zero-order valence-corrected chi connectivity index (χ0v) is 11.6. The first-order valence-electron chi connectivity index (χ1n) is 6.38. The van der Waals surface area contributed by atoms with Crippen molar-refractivity contribution < 1.29 is 9.13 Å². The molecule has 0 aliphatic carbocycles. The number of fused-ring (bicyclic) bond motifs is 3. The number of aromatic nitrogens is 2. The zero-order chi connectivity index (χ0) is 13.1. The van der Waals surface area contributed by atoms with Gasteiger partial charge in [-0.2, -0.15) is 0 Å². The number of hydrogen-bond donors (Lipinski definition) is 1. The largest absolute Gasteiger partial charge is 0.373 e. The second-order valence-electron chi connectivity index (χ2n) is 5.26. The predicted molar refractivity (Wildman–Crippen MR) is 73.6 cm³/mol. The quantitative estimate of drug-likeness (QED) is 0.807. The average Bonchev–Trinajstić information content (AvgIpc) is 3.03.